The Morgan fingerprint density at radius 2 is 1.63 bits per heavy atom. The summed E-state index contributed by atoms with van der Waals surface area (Å²) in [5, 5.41) is 76.3. The highest BCUT2D eigenvalue weighted by Gasteiger charge is 2.66. The van der Waals surface area contributed by atoms with Crippen LogP contribution in [0.4, 0.5) is 0 Å². The maximum absolute atomic E-state index is 11.5. The Morgan fingerprint density at radius 3 is 2.27 bits per heavy atom. The second-order valence-corrected chi connectivity index (χ2v) is 10.5. The molecule has 4 aliphatic carbocycles. The summed E-state index contributed by atoms with van der Waals surface area (Å²) in [6.07, 6.45) is -3.90. The Kier molecular flexibility index (Phi) is 6.27. The van der Waals surface area contributed by atoms with Gasteiger partial charge in [0.1, 0.15) is 5.60 Å². The van der Waals surface area contributed by atoms with Crippen LogP contribution in [0.1, 0.15) is 39.0 Å². The summed E-state index contributed by atoms with van der Waals surface area (Å²) in [5.74, 6) is -2.40. The predicted molar refractivity (Wildman–Crippen MR) is 106 cm³/mol. The lowest BCUT2D eigenvalue weighted by atomic mass is 9.48. The lowest BCUT2D eigenvalue weighted by Gasteiger charge is -2.62. The van der Waals surface area contributed by atoms with Crippen molar-refractivity contribution in [3.63, 3.8) is 0 Å². The third-order valence-corrected chi connectivity index (χ3v) is 9.11. The van der Waals surface area contributed by atoms with Crippen molar-refractivity contribution in [3.05, 3.63) is 0 Å². The average Bonchev–Trinajstić information content (AvgIpc) is 2.66. The van der Waals surface area contributed by atoms with E-state index in [-0.39, 0.29) is 24.2 Å². The van der Waals surface area contributed by atoms with E-state index < -0.39 is 65.9 Å². The monoisotopic (exact) mass is 430 g/mol. The number of hydrogen-bond donors (Lipinski definition) is 7. The topological polar surface area (TPSA) is 151 Å². The molecule has 4 saturated carbocycles. The number of aliphatic hydroxyl groups excluding tert-OH is 6. The third kappa shape index (κ3) is 3.27. The van der Waals surface area contributed by atoms with Crippen LogP contribution in [-0.4, -0.2) is 91.7 Å². The van der Waals surface area contributed by atoms with Crippen molar-refractivity contribution in [2.75, 3.05) is 13.7 Å². The van der Waals surface area contributed by atoms with Gasteiger partial charge in [0, 0.05) is 31.5 Å². The van der Waals surface area contributed by atoms with Gasteiger partial charge in [-0.1, -0.05) is 0 Å². The number of methoxy groups -OCH3 is 1. The fourth-order valence-electron chi connectivity index (χ4n) is 7.74. The molecule has 0 saturated heterocycles. The highest BCUT2D eigenvalue weighted by atomic mass is 16.5. The van der Waals surface area contributed by atoms with Gasteiger partial charge in [0.15, 0.2) is 0 Å². The minimum atomic E-state index is -1.92. The number of rotatable bonds is 3. The molecule has 4 aliphatic rings. The van der Waals surface area contributed by atoms with E-state index in [1.54, 1.807) is 7.11 Å². The molecule has 8 heteroatoms. The molecule has 7 N–H and O–H groups in total. The second kappa shape index (κ2) is 8.23. The van der Waals surface area contributed by atoms with Gasteiger partial charge in [-0.05, 0) is 62.7 Å². The van der Waals surface area contributed by atoms with Gasteiger partial charge in [-0.3, -0.25) is 0 Å². The molecule has 174 valence electrons. The summed E-state index contributed by atoms with van der Waals surface area (Å²) in [5.41, 5.74) is -1.92. The number of ether oxygens (including phenoxy) is 1. The summed E-state index contributed by atoms with van der Waals surface area (Å²) < 4.78 is 5.38. The van der Waals surface area contributed by atoms with Crippen molar-refractivity contribution in [3.8, 4) is 0 Å². The molecule has 0 radical (unpaired) electrons. The molecule has 0 aromatic rings. The number of aliphatic hydroxyl groups is 7. The van der Waals surface area contributed by atoms with Gasteiger partial charge < -0.3 is 40.5 Å². The zero-order valence-electron chi connectivity index (χ0n) is 17.8. The van der Waals surface area contributed by atoms with Crippen LogP contribution in [0.2, 0.25) is 0 Å². The first-order valence-corrected chi connectivity index (χ1v) is 11.4. The smallest absolute Gasteiger partial charge is 0.120 e. The van der Waals surface area contributed by atoms with E-state index in [0.717, 1.165) is 6.42 Å². The van der Waals surface area contributed by atoms with Crippen molar-refractivity contribution in [1.82, 2.24) is 0 Å². The van der Waals surface area contributed by atoms with E-state index in [1.165, 1.54) is 6.92 Å². The van der Waals surface area contributed by atoms with Gasteiger partial charge in [0.05, 0.1) is 36.6 Å². The first-order chi connectivity index (χ1) is 14.1. The van der Waals surface area contributed by atoms with Crippen LogP contribution >= 0.6 is 0 Å². The van der Waals surface area contributed by atoms with E-state index in [1.807, 2.05) is 0 Å². The van der Waals surface area contributed by atoms with Crippen LogP contribution in [0, 0.1) is 41.4 Å². The van der Waals surface area contributed by atoms with Crippen LogP contribution in [-0.2, 0) is 4.74 Å². The van der Waals surface area contributed by atoms with Crippen LogP contribution in [0.3, 0.4) is 0 Å². The van der Waals surface area contributed by atoms with Crippen LogP contribution in [0.25, 0.3) is 0 Å². The van der Waals surface area contributed by atoms with E-state index in [9.17, 15) is 35.7 Å². The van der Waals surface area contributed by atoms with Crippen molar-refractivity contribution >= 4 is 0 Å². The zero-order chi connectivity index (χ0) is 22.0. The molecular formula is C22H38O8. The molecule has 0 heterocycles. The first kappa shape index (κ1) is 22.9. The largest absolute Gasteiger partial charge is 0.393 e. The van der Waals surface area contributed by atoms with E-state index in [0.29, 0.717) is 25.9 Å². The molecule has 30 heavy (non-hydrogen) atoms. The lowest BCUT2D eigenvalue weighted by molar-refractivity contribution is -0.295. The van der Waals surface area contributed by atoms with Gasteiger partial charge in [-0.25, -0.2) is 0 Å². The fourth-order valence-corrected chi connectivity index (χ4v) is 7.74. The summed E-state index contributed by atoms with van der Waals surface area (Å²) in [6.45, 7) is 2.01. The molecule has 0 amide bonds. The molecule has 0 aromatic carbocycles. The highest BCUT2D eigenvalue weighted by Crippen LogP contribution is 2.58. The maximum Gasteiger partial charge on any atom is 0.120 e. The Hall–Kier alpha value is -0.320. The molecule has 0 spiro atoms. The van der Waals surface area contributed by atoms with E-state index in [2.05, 4.69) is 0 Å². The summed E-state index contributed by atoms with van der Waals surface area (Å²) in [4.78, 5) is 0. The molecule has 0 aliphatic heterocycles. The van der Waals surface area contributed by atoms with E-state index in [4.69, 9.17) is 4.74 Å². The van der Waals surface area contributed by atoms with Crippen molar-refractivity contribution < 1.29 is 40.5 Å². The first-order valence-electron chi connectivity index (χ1n) is 11.4. The quantitative estimate of drug-likeness (QED) is 0.297. The normalized spacial score (nSPS) is 57.1. The Labute approximate surface area is 177 Å². The van der Waals surface area contributed by atoms with Gasteiger partial charge in [-0.15, -0.1) is 0 Å². The molecule has 4 rings (SSSR count). The highest BCUT2D eigenvalue weighted by molar-refractivity contribution is 5.16. The molecular weight excluding hydrogens is 392 g/mol. The molecule has 14 atom stereocenters. The molecule has 0 aromatic heterocycles. The van der Waals surface area contributed by atoms with Gasteiger partial charge in [0.2, 0.25) is 0 Å². The SMILES string of the molecule is COCC1CCC(O)C2C(O)C3C(CC12)CC1CC(O)C(C(C)O)C(O)[C@@]1(O)C3O. The Balaban J connectivity index is 1.65. The summed E-state index contributed by atoms with van der Waals surface area (Å²) in [7, 11) is 1.65. The molecule has 4 fully saturated rings. The third-order valence-electron chi connectivity index (χ3n) is 9.11. The molecule has 13 unspecified atom stereocenters. The standard InChI is InChI=1S/C22H38O8/c1-9(23)16-15(25)7-12-5-11-6-13-10(8-30-2)3-4-14(24)18(13)19(26)17(11)21(28)22(12,29)20(16)27/h9-21,23-29H,3-8H2,1-2H3/t9?,10?,11?,12?,13?,14?,15?,16?,17?,18?,19?,20?,21?,22-/m1/s1. The maximum atomic E-state index is 11.5. The van der Waals surface area contributed by atoms with Crippen LogP contribution < -0.4 is 0 Å². The zero-order valence-corrected chi connectivity index (χ0v) is 17.8. The Bertz CT molecular complexity index is 616. The van der Waals surface area contributed by atoms with Crippen LogP contribution in [0.5, 0.6) is 0 Å². The van der Waals surface area contributed by atoms with Gasteiger partial charge in [-0.2, -0.15) is 0 Å². The van der Waals surface area contributed by atoms with E-state index >= 15 is 0 Å². The van der Waals surface area contributed by atoms with Gasteiger partial charge >= 0.3 is 0 Å². The average molecular weight is 431 g/mol. The van der Waals surface area contributed by atoms with Crippen molar-refractivity contribution in [1.29, 1.82) is 0 Å². The Morgan fingerprint density at radius 1 is 0.933 bits per heavy atom. The number of hydrogen-bond acceptors (Lipinski definition) is 8. The minimum Gasteiger partial charge on any atom is -0.393 e. The van der Waals surface area contributed by atoms with Gasteiger partial charge in [0.25, 0.3) is 0 Å². The predicted octanol–water partition coefficient (Wildman–Crippen LogP) is -1.13. The number of fused-ring (bicyclic) bond motifs is 3. The summed E-state index contributed by atoms with van der Waals surface area (Å²) >= 11 is 0. The minimum absolute atomic E-state index is 0.0620. The fraction of sp³-hybridized carbons (Fsp3) is 1.00. The lowest BCUT2D eigenvalue weighted by Crippen LogP contribution is -2.73. The van der Waals surface area contributed by atoms with Crippen LogP contribution in [0.15, 0.2) is 0 Å². The molecule has 8 nitrogen and oxygen atoms in total. The molecule has 0 bridgehead atoms. The summed E-state index contributed by atoms with van der Waals surface area (Å²) in [6, 6.07) is 0. The van der Waals surface area contributed by atoms with Crippen molar-refractivity contribution in [2.24, 2.45) is 41.4 Å². The second-order valence-electron chi connectivity index (χ2n) is 10.5. The van der Waals surface area contributed by atoms with Crippen molar-refractivity contribution in [2.45, 2.75) is 81.3 Å².